The molecule has 0 unspecified atom stereocenters. The lowest BCUT2D eigenvalue weighted by Gasteiger charge is -2.23. The lowest BCUT2D eigenvalue weighted by Crippen LogP contribution is -3.11. The fraction of sp³-hybridized carbons (Fsp3) is 0.650. The molecule has 7 nitrogen and oxygen atoms in total. The molecule has 0 saturated carbocycles. The third-order valence-corrected chi connectivity index (χ3v) is 6.23. The van der Waals surface area contributed by atoms with Crippen LogP contribution in [0.4, 0.5) is 5.82 Å². The van der Waals surface area contributed by atoms with Gasteiger partial charge in [0.1, 0.15) is 22.1 Å². The first-order chi connectivity index (χ1) is 13.5. The van der Waals surface area contributed by atoms with Gasteiger partial charge in [-0.1, -0.05) is 0 Å². The smallest absolute Gasteiger partial charge is 0.348 e. The zero-order valence-electron chi connectivity index (χ0n) is 17.3. The number of nitrogens with one attached hydrogen (secondary N) is 2. The number of likely N-dealkylation sites (tertiary alicyclic amines) is 1. The molecule has 1 saturated heterocycles. The van der Waals surface area contributed by atoms with E-state index in [2.05, 4.69) is 12.2 Å². The Labute approximate surface area is 170 Å². The largest absolute Gasteiger partial charge is 0.462 e. The summed E-state index contributed by atoms with van der Waals surface area (Å²) in [5.41, 5.74) is 0.877. The van der Waals surface area contributed by atoms with E-state index in [1.54, 1.807) is 7.11 Å². The topological polar surface area (TPSA) is 77.8 Å². The van der Waals surface area contributed by atoms with Gasteiger partial charge in [-0.2, -0.15) is 0 Å². The number of carbonyl (C=O) groups excluding carboxylic acids is 1. The first-order valence-corrected chi connectivity index (χ1v) is 10.9. The van der Waals surface area contributed by atoms with Crippen LogP contribution in [0.15, 0.2) is 0 Å². The minimum atomic E-state index is -0.290. The highest BCUT2D eigenvalue weighted by atomic mass is 32.1. The van der Waals surface area contributed by atoms with Crippen LogP contribution >= 0.6 is 11.3 Å². The number of rotatable bonds is 8. The van der Waals surface area contributed by atoms with Gasteiger partial charge in [0.2, 0.25) is 0 Å². The molecule has 154 valence electrons. The number of hydrogen-bond acceptors (Lipinski definition) is 7. The Bertz CT molecular complexity index is 817. The van der Waals surface area contributed by atoms with Gasteiger partial charge in [-0.25, -0.2) is 14.8 Å². The SMILES string of the molecule is CCOC(=O)c1sc2nc(C[NH+]3CCCCC3)nc(N[C@H](C)COC)c2c1C. The van der Waals surface area contributed by atoms with Crippen molar-refractivity contribution in [3.05, 3.63) is 16.3 Å². The molecule has 0 aliphatic carbocycles. The molecule has 0 aromatic carbocycles. The summed E-state index contributed by atoms with van der Waals surface area (Å²) < 4.78 is 10.5. The van der Waals surface area contributed by atoms with Crippen molar-refractivity contribution in [1.82, 2.24) is 9.97 Å². The van der Waals surface area contributed by atoms with Crippen molar-refractivity contribution in [2.45, 2.75) is 52.6 Å². The number of hydrogen-bond donors (Lipinski definition) is 2. The quantitative estimate of drug-likeness (QED) is 0.653. The van der Waals surface area contributed by atoms with Gasteiger partial charge in [-0.05, 0) is 45.6 Å². The summed E-state index contributed by atoms with van der Waals surface area (Å²) in [6.45, 7) is 9.90. The predicted molar refractivity (Wildman–Crippen MR) is 111 cm³/mol. The highest BCUT2D eigenvalue weighted by Gasteiger charge is 2.23. The van der Waals surface area contributed by atoms with Gasteiger partial charge >= 0.3 is 5.97 Å². The van der Waals surface area contributed by atoms with Gasteiger partial charge in [0.05, 0.1) is 31.7 Å². The maximum atomic E-state index is 12.4. The second-order valence-electron chi connectivity index (χ2n) is 7.43. The van der Waals surface area contributed by atoms with Crippen molar-refractivity contribution in [3.63, 3.8) is 0 Å². The number of quaternary nitrogens is 1. The molecule has 1 aliphatic heterocycles. The molecule has 3 rings (SSSR count). The molecule has 2 aromatic rings. The van der Waals surface area contributed by atoms with Crippen LogP contribution in [0.2, 0.25) is 0 Å². The number of thiophene rings is 1. The molecule has 1 atom stereocenters. The number of fused-ring (bicyclic) bond motifs is 1. The van der Waals surface area contributed by atoms with Crippen LogP contribution < -0.4 is 10.2 Å². The fourth-order valence-corrected chi connectivity index (χ4v) is 4.83. The van der Waals surface area contributed by atoms with Crippen LogP contribution in [-0.4, -0.2) is 55.4 Å². The van der Waals surface area contributed by atoms with Crippen molar-refractivity contribution < 1.29 is 19.2 Å². The Morgan fingerprint density at radius 1 is 1.29 bits per heavy atom. The van der Waals surface area contributed by atoms with E-state index in [0.29, 0.717) is 18.1 Å². The molecule has 0 bridgehead atoms. The minimum Gasteiger partial charge on any atom is -0.462 e. The maximum Gasteiger partial charge on any atom is 0.348 e. The van der Waals surface area contributed by atoms with Crippen LogP contribution in [-0.2, 0) is 16.0 Å². The molecular weight excluding hydrogens is 376 g/mol. The average Bonchev–Trinajstić information content (AvgIpc) is 3.00. The zero-order chi connectivity index (χ0) is 20.1. The molecule has 1 aliphatic rings. The molecule has 8 heteroatoms. The van der Waals surface area contributed by atoms with Crippen molar-refractivity contribution >= 4 is 33.3 Å². The van der Waals surface area contributed by atoms with Crippen molar-refractivity contribution in [2.75, 3.05) is 38.7 Å². The van der Waals surface area contributed by atoms with Crippen LogP contribution in [0, 0.1) is 6.92 Å². The Hall–Kier alpha value is -1.77. The second kappa shape index (κ2) is 9.62. The van der Waals surface area contributed by atoms with Gasteiger partial charge in [0, 0.05) is 13.2 Å². The summed E-state index contributed by atoms with van der Waals surface area (Å²) in [6, 6.07) is 0.101. The number of ether oxygens (including phenoxy) is 2. The summed E-state index contributed by atoms with van der Waals surface area (Å²) in [5, 5.41) is 4.37. The lowest BCUT2D eigenvalue weighted by molar-refractivity contribution is -0.919. The zero-order valence-corrected chi connectivity index (χ0v) is 18.1. The highest BCUT2D eigenvalue weighted by Crippen LogP contribution is 2.34. The normalized spacial score (nSPS) is 16.3. The third kappa shape index (κ3) is 4.79. The number of anilines is 1. The van der Waals surface area contributed by atoms with E-state index < -0.39 is 0 Å². The molecule has 28 heavy (non-hydrogen) atoms. The summed E-state index contributed by atoms with van der Waals surface area (Å²) in [5.74, 6) is 1.32. The number of nitrogens with zero attached hydrogens (tertiary/aromatic N) is 2. The van der Waals surface area contributed by atoms with Crippen LogP contribution in [0.1, 0.15) is 54.2 Å². The van der Waals surface area contributed by atoms with E-state index >= 15 is 0 Å². The number of aryl methyl sites for hydroxylation is 1. The van der Waals surface area contributed by atoms with E-state index in [-0.39, 0.29) is 12.0 Å². The van der Waals surface area contributed by atoms with Crippen LogP contribution in [0.25, 0.3) is 10.2 Å². The van der Waals surface area contributed by atoms with Gasteiger partial charge in [-0.15, -0.1) is 11.3 Å². The molecule has 1 fully saturated rings. The second-order valence-corrected chi connectivity index (χ2v) is 8.43. The van der Waals surface area contributed by atoms with Gasteiger partial charge in [0.15, 0.2) is 5.82 Å². The van der Waals surface area contributed by atoms with Crippen molar-refractivity contribution in [1.29, 1.82) is 0 Å². The molecule has 0 radical (unpaired) electrons. The standard InChI is InChI=1S/C20H30N4O3S/c1-5-27-20(25)17-14(3)16-18(21-13(2)12-26-4)22-15(23-19(16)28-17)11-24-9-7-6-8-10-24/h13H,5-12H2,1-4H3,(H,21,22,23)/p+1/t13-/m1/s1. The molecule has 2 N–H and O–H groups in total. The number of esters is 1. The highest BCUT2D eigenvalue weighted by molar-refractivity contribution is 7.20. The van der Waals surface area contributed by atoms with Gasteiger partial charge in [0.25, 0.3) is 0 Å². The molecule has 0 spiro atoms. The Balaban J connectivity index is 1.99. The first kappa shape index (κ1) is 21.0. The number of carbonyl (C=O) groups is 1. The predicted octanol–water partition coefficient (Wildman–Crippen LogP) is 2.19. The van der Waals surface area contributed by atoms with E-state index in [9.17, 15) is 4.79 Å². The summed E-state index contributed by atoms with van der Waals surface area (Å²) in [7, 11) is 1.69. The van der Waals surface area contributed by atoms with E-state index in [0.717, 1.165) is 34.0 Å². The Morgan fingerprint density at radius 2 is 2.04 bits per heavy atom. The molecule has 3 heterocycles. The summed E-state index contributed by atoms with van der Waals surface area (Å²) in [6.07, 6.45) is 3.84. The minimum absolute atomic E-state index is 0.101. The number of aromatic nitrogens is 2. The molecule has 2 aromatic heterocycles. The first-order valence-electron chi connectivity index (χ1n) is 10.1. The Kier molecular flexibility index (Phi) is 7.20. The number of methoxy groups -OCH3 is 1. The Morgan fingerprint density at radius 3 is 2.71 bits per heavy atom. The third-order valence-electron chi connectivity index (χ3n) is 5.07. The van der Waals surface area contributed by atoms with Gasteiger partial charge in [-0.3, -0.25) is 0 Å². The van der Waals surface area contributed by atoms with Crippen LogP contribution in [0.3, 0.4) is 0 Å². The monoisotopic (exact) mass is 407 g/mol. The summed E-state index contributed by atoms with van der Waals surface area (Å²) in [4.78, 5) is 25.0. The van der Waals surface area contributed by atoms with Gasteiger partial charge < -0.3 is 19.7 Å². The van der Waals surface area contributed by atoms with Crippen LogP contribution in [0.5, 0.6) is 0 Å². The maximum absolute atomic E-state index is 12.4. The summed E-state index contributed by atoms with van der Waals surface area (Å²) >= 11 is 1.40. The van der Waals surface area contributed by atoms with Crippen molar-refractivity contribution in [2.24, 2.45) is 0 Å². The van der Waals surface area contributed by atoms with E-state index in [1.807, 2.05) is 13.8 Å². The van der Waals surface area contributed by atoms with E-state index in [1.165, 1.54) is 48.6 Å². The molecule has 0 amide bonds. The molecular formula is C20H31N4O3S+. The average molecular weight is 408 g/mol. The fourth-order valence-electron chi connectivity index (χ4n) is 3.74. The lowest BCUT2D eigenvalue weighted by atomic mass is 10.1. The van der Waals surface area contributed by atoms with Crippen molar-refractivity contribution in [3.8, 4) is 0 Å². The van der Waals surface area contributed by atoms with E-state index in [4.69, 9.17) is 19.4 Å². The number of piperidine rings is 1.